The standard InChI is InChI=1S/C27H38N2O3/c1-6-25(30)29(4,24-15-11-8-12-16-24)27(26(31)32-5)18-20-28(3,21-22(27)2)19-17-23-13-9-7-10-14-23/h7-16,22H,6,17-21H2,1-5H3/q+2. The Morgan fingerprint density at radius 2 is 1.69 bits per heavy atom. The molecule has 0 N–H and O–H groups in total. The summed E-state index contributed by atoms with van der Waals surface area (Å²) in [5, 5.41) is 0. The molecule has 4 unspecified atom stereocenters. The van der Waals surface area contributed by atoms with E-state index in [0.717, 1.165) is 36.2 Å². The summed E-state index contributed by atoms with van der Waals surface area (Å²) < 4.78 is 6.24. The van der Waals surface area contributed by atoms with Crippen molar-refractivity contribution < 1.29 is 18.8 Å². The number of hydrogen-bond acceptors (Lipinski definition) is 3. The lowest BCUT2D eigenvalue weighted by atomic mass is 9.73. The molecule has 1 saturated heterocycles. The number of amides is 1. The molecule has 5 heteroatoms. The van der Waals surface area contributed by atoms with Gasteiger partial charge in [-0.25, -0.2) is 14.1 Å². The van der Waals surface area contributed by atoms with E-state index in [4.69, 9.17) is 4.74 Å². The van der Waals surface area contributed by atoms with E-state index in [-0.39, 0.29) is 22.3 Å². The lowest BCUT2D eigenvalue weighted by Gasteiger charge is -2.54. The fraction of sp³-hybridized carbons (Fsp3) is 0.481. The highest BCUT2D eigenvalue weighted by Crippen LogP contribution is 2.45. The van der Waals surface area contributed by atoms with E-state index >= 15 is 0 Å². The Kier molecular flexibility index (Phi) is 7.21. The molecule has 32 heavy (non-hydrogen) atoms. The summed E-state index contributed by atoms with van der Waals surface area (Å²) in [7, 11) is 5.63. The fourth-order valence-corrected chi connectivity index (χ4v) is 5.80. The van der Waals surface area contributed by atoms with Crippen LogP contribution in [-0.4, -0.2) is 62.7 Å². The number of likely N-dealkylation sites (N-methyl/N-ethyl adjacent to an activating group) is 2. The first-order chi connectivity index (χ1) is 15.2. The third-order valence-corrected chi connectivity index (χ3v) is 7.76. The maximum Gasteiger partial charge on any atom is 0.369 e. The molecule has 4 atom stereocenters. The van der Waals surface area contributed by atoms with Gasteiger partial charge in [-0.3, -0.25) is 0 Å². The fourth-order valence-electron chi connectivity index (χ4n) is 5.80. The van der Waals surface area contributed by atoms with Gasteiger partial charge in [0, 0.05) is 6.42 Å². The van der Waals surface area contributed by atoms with Crippen molar-refractivity contribution in [3.63, 3.8) is 0 Å². The molecule has 1 aliphatic rings. The Hall–Kier alpha value is -2.50. The molecule has 1 aliphatic heterocycles. The lowest BCUT2D eigenvalue weighted by molar-refractivity contribution is -0.918. The van der Waals surface area contributed by atoms with Crippen LogP contribution in [0.25, 0.3) is 0 Å². The molecule has 1 amide bonds. The number of carbonyl (C=O) groups excluding carboxylic acids is 2. The molecule has 0 bridgehead atoms. The van der Waals surface area contributed by atoms with Crippen LogP contribution in [0.2, 0.25) is 0 Å². The number of benzene rings is 2. The highest BCUT2D eigenvalue weighted by atomic mass is 16.5. The minimum Gasteiger partial charge on any atom is -0.464 e. The molecule has 5 nitrogen and oxygen atoms in total. The Balaban J connectivity index is 1.99. The number of hydrogen-bond donors (Lipinski definition) is 0. The highest BCUT2D eigenvalue weighted by molar-refractivity contribution is 5.97. The van der Waals surface area contributed by atoms with Gasteiger partial charge < -0.3 is 9.22 Å². The van der Waals surface area contributed by atoms with Gasteiger partial charge in [-0.2, -0.15) is 0 Å². The van der Waals surface area contributed by atoms with Crippen LogP contribution in [0, 0.1) is 5.92 Å². The molecule has 0 aliphatic carbocycles. The normalized spacial score (nSPS) is 27.3. The number of para-hydroxylation sites is 1. The zero-order chi connectivity index (χ0) is 23.4. The van der Waals surface area contributed by atoms with E-state index < -0.39 is 5.54 Å². The minimum atomic E-state index is -0.951. The second-order valence-electron chi connectivity index (χ2n) is 9.64. The number of rotatable bonds is 7. The zero-order valence-electron chi connectivity index (χ0n) is 20.2. The third-order valence-electron chi connectivity index (χ3n) is 7.76. The second kappa shape index (κ2) is 9.55. The molecule has 3 rings (SSSR count). The van der Waals surface area contributed by atoms with E-state index in [1.54, 1.807) is 0 Å². The summed E-state index contributed by atoms with van der Waals surface area (Å²) in [6.45, 7) is 6.64. The molecule has 0 aromatic heterocycles. The monoisotopic (exact) mass is 438 g/mol. The van der Waals surface area contributed by atoms with Crippen molar-refractivity contribution in [1.29, 1.82) is 0 Å². The molecule has 172 valence electrons. The van der Waals surface area contributed by atoms with Gasteiger partial charge in [-0.05, 0) is 17.7 Å². The van der Waals surface area contributed by atoms with Crippen molar-refractivity contribution in [2.24, 2.45) is 5.92 Å². The molecule has 1 fully saturated rings. The summed E-state index contributed by atoms with van der Waals surface area (Å²) in [4.78, 5) is 27.1. The number of quaternary nitrogens is 2. The van der Waals surface area contributed by atoms with Crippen LogP contribution in [-0.2, 0) is 20.7 Å². The third kappa shape index (κ3) is 4.12. The first-order valence-electron chi connectivity index (χ1n) is 11.6. The summed E-state index contributed by atoms with van der Waals surface area (Å²) >= 11 is 0. The summed E-state index contributed by atoms with van der Waals surface area (Å²) in [5.41, 5.74) is 1.22. The minimum absolute atomic E-state index is 0.0360. The van der Waals surface area contributed by atoms with Crippen molar-refractivity contribution in [1.82, 2.24) is 4.48 Å². The van der Waals surface area contributed by atoms with E-state index in [9.17, 15) is 9.59 Å². The molecular formula is C27H38N2O3+2. The van der Waals surface area contributed by atoms with E-state index in [1.807, 2.05) is 50.4 Å². The molecule has 0 radical (unpaired) electrons. The van der Waals surface area contributed by atoms with Crippen LogP contribution in [0.1, 0.15) is 32.3 Å². The van der Waals surface area contributed by atoms with Gasteiger partial charge in [0.15, 0.2) is 0 Å². The first kappa shape index (κ1) is 24.1. The predicted molar refractivity (Wildman–Crippen MR) is 129 cm³/mol. The van der Waals surface area contributed by atoms with Crippen LogP contribution < -0.4 is 4.48 Å². The molecule has 0 saturated carbocycles. The SMILES string of the molecule is CCC(=O)[N+](C)(c1ccccc1)C1(C(=O)OC)CC[N+](C)(CCc2ccccc2)CC1C. The topological polar surface area (TPSA) is 43.4 Å². The average molecular weight is 439 g/mol. The smallest absolute Gasteiger partial charge is 0.369 e. The number of likely N-dealkylation sites (tertiary alicyclic amines) is 1. The van der Waals surface area contributed by atoms with Crippen molar-refractivity contribution in [3.05, 3.63) is 66.2 Å². The van der Waals surface area contributed by atoms with E-state index in [1.165, 1.54) is 12.7 Å². The highest BCUT2D eigenvalue weighted by Gasteiger charge is 2.66. The Morgan fingerprint density at radius 3 is 2.22 bits per heavy atom. The lowest BCUT2D eigenvalue weighted by Crippen LogP contribution is -2.78. The van der Waals surface area contributed by atoms with Gasteiger partial charge in [0.25, 0.3) is 0 Å². The summed E-state index contributed by atoms with van der Waals surface area (Å²) in [5.74, 6) is -0.286. The maximum atomic E-state index is 13.5. The molecular weight excluding hydrogens is 400 g/mol. The Bertz CT molecular complexity index is 932. The van der Waals surface area contributed by atoms with Crippen LogP contribution >= 0.6 is 0 Å². The molecule has 1 heterocycles. The zero-order valence-corrected chi connectivity index (χ0v) is 20.2. The van der Waals surface area contributed by atoms with Gasteiger partial charge in [-0.15, -0.1) is 0 Å². The number of esters is 1. The van der Waals surface area contributed by atoms with Crippen LogP contribution in [0.5, 0.6) is 0 Å². The number of ether oxygens (including phenoxy) is 1. The van der Waals surface area contributed by atoms with Crippen LogP contribution in [0.15, 0.2) is 60.7 Å². The van der Waals surface area contributed by atoms with E-state index in [2.05, 4.69) is 38.2 Å². The van der Waals surface area contributed by atoms with Crippen molar-refractivity contribution in [2.45, 2.75) is 38.6 Å². The van der Waals surface area contributed by atoms with Gasteiger partial charge >= 0.3 is 11.9 Å². The van der Waals surface area contributed by atoms with Gasteiger partial charge in [0.05, 0.1) is 59.6 Å². The predicted octanol–water partition coefficient (Wildman–Crippen LogP) is 4.20. The van der Waals surface area contributed by atoms with Gasteiger partial charge in [0.1, 0.15) is 5.69 Å². The number of carbonyl (C=O) groups is 2. The maximum absolute atomic E-state index is 13.5. The van der Waals surface area contributed by atoms with Crippen LogP contribution in [0.4, 0.5) is 5.69 Å². The second-order valence-corrected chi connectivity index (χ2v) is 9.64. The average Bonchev–Trinajstić information content (AvgIpc) is 2.83. The Morgan fingerprint density at radius 1 is 1.09 bits per heavy atom. The largest absolute Gasteiger partial charge is 0.464 e. The first-order valence-corrected chi connectivity index (χ1v) is 11.6. The van der Waals surface area contributed by atoms with Crippen molar-refractivity contribution in [3.8, 4) is 0 Å². The van der Waals surface area contributed by atoms with Crippen molar-refractivity contribution >= 4 is 17.6 Å². The number of piperidine rings is 1. The molecule has 2 aromatic carbocycles. The quantitative estimate of drug-likeness (QED) is 0.481. The van der Waals surface area contributed by atoms with Crippen LogP contribution in [0.3, 0.4) is 0 Å². The summed E-state index contributed by atoms with van der Waals surface area (Å²) in [6, 6.07) is 20.3. The van der Waals surface area contributed by atoms with Crippen molar-refractivity contribution in [2.75, 3.05) is 40.8 Å². The molecule has 0 spiro atoms. The Labute approximate surface area is 192 Å². The molecule has 2 aromatic rings. The van der Waals surface area contributed by atoms with Gasteiger partial charge in [0.2, 0.25) is 5.54 Å². The van der Waals surface area contributed by atoms with Gasteiger partial charge in [-0.1, -0.05) is 62.4 Å². The number of methoxy groups -OCH3 is 1. The van der Waals surface area contributed by atoms with E-state index in [0.29, 0.717) is 12.8 Å². The summed E-state index contributed by atoms with van der Waals surface area (Å²) in [6.07, 6.45) is 1.95. The number of nitrogens with zero attached hydrogens (tertiary/aromatic N) is 2.